The highest BCUT2D eigenvalue weighted by Gasteiger charge is 2.47. The molecule has 7 rings (SSSR count). The van der Waals surface area contributed by atoms with Gasteiger partial charge in [0.15, 0.2) is 11.3 Å². The van der Waals surface area contributed by atoms with Crippen LogP contribution in [0.1, 0.15) is 41.6 Å². The van der Waals surface area contributed by atoms with Gasteiger partial charge in [0.1, 0.15) is 12.4 Å². The van der Waals surface area contributed by atoms with Gasteiger partial charge in [0, 0.05) is 40.6 Å². The van der Waals surface area contributed by atoms with Gasteiger partial charge in [-0.15, -0.1) is 0 Å². The van der Waals surface area contributed by atoms with Crippen LogP contribution in [0.4, 0.5) is 0 Å². The zero-order valence-corrected chi connectivity index (χ0v) is 19.7. The Labute approximate surface area is 209 Å². The molecule has 7 heteroatoms. The molecule has 3 aromatic rings. The van der Waals surface area contributed by atoms with E-state index >= 15 is 0 Å². The largest absolute Gasteiger partial charge is 0.462 e. The summed E-state index contributed by atoms with van der Waals surface area (Å²) in [5.74, 6) is 8.49. The number of fused-ring (bicyclic) bond motifs is 4. The summed E-state index contributed by atoms with van der Waals surface area (Å²) >= 11 is 0. The molecule has 178 valence electrons. The van der Waals surface area contributed by atoms with Crippen molar-refractivity contribution in [2.24, 2.45) is 16.6 Å². The van der Waals surface area contributed by atoms with Gasteiger partial charge in [0.05, 0.1) is 25.1 Å². The van der Waals surface area contributed by atoms with E-state index in [0.717, 1.165) is 45.5 Å². The minimum Gasteiger partial charge on any atom is -0.462 e. The van der Waals surface area contributed by atoms with Crippen molar-refractivity contribution in [1.29, 1.82) is 0 Å². The number of benzene rings is 1. The highest BCUT2D eigenvalue weighted by molar-refractivity contribution is 5.78. The van der Waals surface area contributed by atoms with Crippen LogP contribution in [0.5, 0.6) is 11.5 Å². The van der Waals surface area contributed by atoms with Crippen LogP contribution < -0.4 is 10.5 Å². The molecular weight excluding hydrogens is 452 g/mol. The first-order valence-electron chi connectivity index (χ1n) is 12.2. The topological polar surface area (TPSA) is 91.9 Å². The summed E-state index contributed by atoms with van der Waals surface area (Å²) in [6, 6.07) is 10.4. The second-order valence-corrected chi connectivity index (χ2v) is 9.54. The lowest BCUT2D eigenvalue weighted by molar-refractivity contribution is 0.161. The van der Waals surface area contributed by atoms with E-state index in [4.69, 9.17) is 24.9 Å². The number of hydrogen-bond acceptors (Lipinski definition) is 7. The zero-order valence-electron chi connectivity index (χ0n) is 19.7. The summed E-state index contributed by atoms with van der Waals surface area (Å²) in [4.78, 5) is 14.0. The molecule has 0 radical (unpaired) electrons. The van der Waals surface area contributed by atoms with Crippen LogP contribution in [-0.2, 0) is 15.0 Å². The lowest BCUT2D eigenvalue weighted by atomic mass is 9.80. The van der Waals surface area contributed by atoms with Crippen LogP contribution in [0.25, 0.3) is 16.7 Å². The molecule has 0 unspecified atom stereocenters. The number of ether oxygens (including phenoxy) is 3. The molecule has 1 aromatic carbocycles. The molecule has 1 spiro atoms. The Hall–Kier alpha value is -4.15. The first kappa shape index (κ1) is 21.2. The molecule has 1 aliphatic carbocycles. The molecule has 2 N–H and O–H groups in total. The smallest absolute Gasteiger partial charge is 0.283 e. The number of pyridine rings is 2. The fraction of sp³-hybridized carbons (Fsp3) is 0.276. The summed E-state index contributed by atoms with van der Waals surface area (Å²) in [6.45, 7) is 1.57. The third-order valence-electron chi connectivity index (χ3n) is 7.05. The number of aromatic nitrogens is 2. The van der Waals surface area contributed by atoms with Gasteiger partial charge in [0.2, 0.25) is 0 Å². The van der Waals surface area contributed by atoms with Crippen molar-refractivity contribution < 1.29 is 14.2 Å². The number of amidine groups is 1. The van der Waals surface area contributed by atoms with E-state index in [1.165, 1.54) is 12.8 Å². The van der Waals surface area contributed by atoms with Gasteiger partial charge in [-0.3, -0.25) is 9.97 Å². The van der Waals surface area contributed by atoms with Crippen LogP contribution in [0.3, 0.4) is 0 Å². The van der Waals surface area contributed by atoms with Gasteiger partial charge in [-0.25, -0.2) is 4.99 Å². The number of nitrogens with zero attached hydrogens (tertiary/aromatic N) is 3. The maximum absolute atomic E-state index is 6.32. The van der Waals surface area contributed by atoms with E-state index in [2.05, 4.69) is 46.1 Å². The van der Waals surface area contributed by atoms with E-state index in [9.17, 15) is 0 Å². The third-order valence-corrected chi connectivity index (χ3v) is 7.05. The average Bonchev–Trinajstić information content (AvgIpc) is 3.68. The molecule has 3 aliphatic heterocycles. The summed E-state index contributed by atoms with van der Waals surface area (Å²) in [5, 5.41) is 0. The van der Waals surface area contributed by atoms with Gasteiger partial charge in [0.25, 0.3) is 6.02 Å². The number of nitrogens with two attached hydrogens (primary N) is 1. The SMILES string of the molecule is NC1=N[C@@]2(CO1)c1cc(-c3cncc(C#CC4CC4)c3)ccc1Oc1cnc(C3=CCOCC3)cc12. The molecule has 1 fully saturated rings. The second kappa shape index (κ2) is 8.21. The van der Waals surface area contributed by atoms with E-state index < -0.39 is 5.54 Å². The molecule has 0 saturated heterocycles. The predicted molar refractivity (Wildman–Crippen MR) is 135 cm³/mol. The molecule has 5 heterocycles. The molecule has 0 amide bonds. The Morgan fingerprint density at radius 1 is 1.00 bits per heavy atom. The van der Waals surface area contributed by atoms with Crippen LogP contribution in [0, 0.1) is 17.8 Å². The monoisotopic (exact) mass is 476 g/mol. The van der Waals surface area contributed by atoms with Crippen LogP contribution in [0.15, 0.2) is 60.0 Å². The van der Waals surface area contributed by atoms with Gasteiger partial charge >= 0.3 is 0 Å². The van der Waals surface area contributed by atoms with Crippen molar-refractivity contribution in [2.45, 2.75) is 24.8 Å². The summed E-state index contributed by atoms with van der Waals surface area (Å²) in [7, 11) is 0. The fourth-order valence-corrected chi connectivity index (χ4v) is 4.95. The van der Waals surface area contributed by atoms with Crippen LogP contribution in [-0.4, -0.2) is 35.8 Å². The Balaban J connectivity index is 1.34. The van der Waals surface area contributed by atoms with Crippen molar-refractivity contribution in [1.82, 2.24) is 9.97 Å². The van der Waals surface area contributed by atoms with Gasteiger partial charge < -0.3 is 19.9 Å². The molecule has 1 saturated carbocycles. The summed E-state index contributed by atoms with van der Waals surface area (Å²) < 4.78 is 17.6. The van der Waals surface area contributed by atoms with Crippen molar-refractivity contribution in [3.63, 3.8) is 0 Å². The van der Waals surface area contributed by atoms with Crippen LogP contribution >= 0.6 is 0 Å². The standard InChI is InChI=1S/C29H24N4O3/c30-28-33-29(17-35-28)23-12-21(22-11-19(14-31-15-22)4-3-18-1-2-18)5-6-26(23)36-27-16-32-25(13-24(27)29)20-7-9-34-10-8-20/h5-7,11-16,18H,1-2,8-10,17H2,(H2,30,33)/t29-/m0/s1. The highest BCUT2D eigenvalue weighted by Crippen LogP contribution is 2.52. The van der Waals surface area contributed by atoms with Crippen molar-refractivity contribution >= 4 is 11.6 Å². The average molecular weight is 477 g/mol. The van der Waals surface area contributed by atoms with Gasteiger partial charge in [-0.05, 0) is 54.7 Å². The maximum Gasteiger partial charge on any atom is 0.283 e. The molecule has 1 atom stereocenters. The highest BCUT2D eigenvalue weighted by atomic mass is 16.5. The molecule has 7 nitrogen and oxygen atoms in total. The first-order valence-corrected chi connectivity index (χ1v) is 12.2. The van der Waals surface area contributed by atoms with Crippen LogP contribution in [0.2, 0.25) is 0 Å². The van der Waals surface area contributed by atoms with Gasteiger partial charge in [-0.1, -0.05) is 24.0 Å². The number of aliphatic imine (C=N–C) groups is 1. The maximum atomic E-state index is 6.32. The predicted octanol–water partition coefficient (Wildman–Crippen LogP) is 4.40. The number of hydrogen-bond donors (Lipinski definition) is 1. The lowest BCUT2D eigenvalue weighted by Crippen LogP contribution is -2.31. The normalized spacial score (nSPS) is 21.8. The van der Waals surface area contributed by atoms with E-state index in [1.807, 2.05) is 24.5 Å². The Kier molecular flexibility index (Phi) is 4.83. The fourth-order valence-electron chi connectivity index (χ4n) is 4.95. The first-order chi connectivity index (χ1) is 17.7. The molecule has 4 aliphatic rings. The quantitative estimate of drug-likeness (QED) is 0.551. The molecular formula is C29H24N4O3. The van der Waals surface area contributed by atoms with E-state index in [1.54, 1.807) is 6.20 Å². The summed E-state index contributed by atoms with van der Waals surface area (Å²) in [6.07, 6.45) is 10.7. The minimum absolute atomic E-state index is 0.168. The Morgan fingerprint density at radius 2 is 1.92 bits per heavy atom. The molecule has 36 heavy (non-hydrogen) atoms. The zero-order chi connectivity index (χ0) is 24.1. The Morgan fingerprint density at radius 3 is 2.72 bits per heavy atom. The third kappa shape index (κ3) is 3.62. The molecule has 2 aromatic heterocycles. The molecule has 0 bridgehead atoms. The van der Waals surface area contributed by atoms with E-state index in [-0.39, 0.29) is 6.02 Å². The van der Waals surface area contributed by atoms with Crippen molar-refractivity contribution in [3.05, 3.63) is 77.4 Å². The van der Waals surface area contributed by atoms with Crippen molar-refractivity contribution in [3.8, 4) is 34.5 Å². The van der Waals surface area contributed by atoms with Gasteiger partial charge in [-0.2, -0.15) is 0 Å². The lowest BCUT2D eigenvalue weighted by Gasteiger charge is -2.34. The minimum atomic E-state index is -0.816. The Bertz CT molecular complexity index is 1510. The van der Waals surface area contributed by atoms with E-state index in [0.29, 0.717) is 37.2 Å². The van der Waals surface area contributed by atoms with Crippen molar-refractivity contribution in [2.75, 3.05) is 19.8 Å². The second-order valence-electron chi connectivity index (χ2n) is 9.54. The summed E-state index contributed by atoms with van der Waals surface area (Å²) in [5.41, 5.74) is 12.0. The number of rotatable bonds is 2.